The third-order valence-corrected chi connectivity index (χ3v) is 5.66. The molecule has 25 heavy (non-hydrogen) atoms. The average Bonchev–Trinajstić information content (AvgIpc) is 2.67. The van der Waals surface area contributed by atoms with Crippen molar-refractivity contribution in [3.05, 3.63) is 29.0 Å². The number of rotatable bonds is 3. The lowest BCUT2D eigenvalue weighted by molar-refractivity contribution is 0.414. The summed E-state index contributed by atoms with van der Waals surface area (Å²) in [7, 11) is 1.63. The number of benzene rings is 1. The maximum absolute atomic E-state index is 9.40. The normalized spacial score (nSPS) is 17.8. The topological polar surface area (TPSA) is 57.9 Å². The van der Waals surface area contributed by atoms with E-state index in [1.54, 1.807) is 7.11 Å². The van der Waals surface area contributed by atoms with Gasteiger partial charge in [-0.1, -0.05) is 19.3 Å². The number of aromatic nitrogens is 1. The average molecular weight is 335 g/mol. The van der Waals surface area contributed by atoms with Gasteiger partial charge in [0, 0.05) is 22.8 Å². The summed E-state index contributed by atoms with van der Waals surface area (Å²) in [6.45, 7) is 0. The van der Waals surface area contributed by atoms with Crippen molar-refractivity contribution in [1.82, 2.24) is 4.98 Å². The zero-order chi connectivity index (χ0) is 17.2. The highest BCUT2D eigenvalue weighted by molar-refractivity contribution is 5.95. The van der Waals surface area contributed by atoms with Gasteiger partial charge in [0.15, 0.2) is 0 Å². The van der Waals surface area contributed by atoms with Gasteiger partial charge < -0.3 is 10.1 Å². The zero-order valence-corrected chi connectivity index (χ0v) is 14.9. The van der Waals surface area contributed by atoms with E-state index in [0.717, 1.165) is 23.7 Å². The van der Waals surface area contributed by atoms with Crippen LogP contribution in [0.3, 0.4) is 0 Å². The van der Waals surface area contributed by atoms with Crippen LogP contribution >= 0.6 is 0 Å². The number of anilines is 1. The Hall–Kier alpha value is -2.28. The fraction of sp³-hybridized carbons (Fsp3) is 0.524. The maximum Gasteiger partial charge on any atom is 0.137 e. The van der Waals surface area contributed by atoms with E-state index in [4.69, 9.17) is 9.72 Å². The molecule has 1 aromatic carbocycles. The highest BCUT2D eigenvalue weighted by Gasteiger charge is 2.22. The van der Waals surface area contributed by atoms with Crippen LogP contribution in [0.5, 0.6) is 5.75 Å². The summed E-state index contributed by atoms with van der Waals surface area (Å²) < 4.78 is 5.46. The number of pyridine rings is 1. The number of hydrogen-bond donors (Lipinski definition) is 1. The molecule has 0 unspecified atom stereocenters. The number of hydrogen-bond acceptors (Lipinski definition) is 4. The molecule has 1 saturated carbocycles. The molecular formula is C21H25N3O. The second-order valence-corrected chi connectivity index (χ2v) is 7.28. The van der Waals surface area contributed by atoms with Gasteiger partial charge in [-0.15, -0.1) is 0 Å². The van der Waals surface area contributed by atoms with E-state index >= 15 is 0 Å². The van der Waals surface area contributed by atoms with Crippen LogP contribution in [0.25, 0.3) is 10.9 Å². The van der Waals surface area contributed by atoms with Gasteiger partial charge in [0.05, 0.1) is 18.2 Å². The summed E-state index contributed by atoms with van der Waals surface area (Å²) in [5.41, 5.74) is 5.31. The van der Waals surface area contributed by atoms with Crippen molar-refractivity contribution in [2.45, 2.75) is 63.8 Å². The van der Waals surface area contributed by atoms with Crippen LogP contribution in [0, 0.1) is 11.3 Å². The van der Waals surface area contributed by atoms with Gasteiger partial charge in [0.2, 0.25) is 0 Å². The van der Waals surface area contributed by atoms with E-state index < -0.39 is 0 Å². The highest BCUT2D eigenvalue weighted by atomic mass is 16.5. The molecule has 2 aliphatic carbocycles. The van der Waals surface area contributed by atoms with E-state index in [9.17, 15) is 5.26 Å². The second kappa shape index (κ2) is 6.92. The van der Waals surface area contributed by atoms with Crippen LogP contribution in [-0.2, 0) is 12.8 Å². The summed E-state index contributed by atoms with van der Waals surface area (Å²) in [5.74, 6) is 0.638. The summed E-state index contributed by atoms with van der Waals surface area (Å²) in [5, 5.41) is 14.4. The van der Waals surface area contributed by atoms with E-state index in [-0.39, 0.29) is 0 Å². The molecule has 1 N–H and O–H groups in total. The molecule has 2 aliphatic rings. The summed E-state index contributed by atoms with van der Waals surface area (Å²) in [4.78, 5) is 4.91. The van der Waals surface area contributed by atoms with Gasteiger partial charge in [-0.05, 0) is 56.2 Å². The lowest BCUT2D eigenvalue weighted by atomic mass is 9.90. The van der Waals surface area contributed by atoms with E-state index in [2.05, 4.69) is 11.4 Å². The first-order chi connectivity index (χ1) is 12.3. The first-order valence-corrected chi connectivity index (χ1v) is 9.50. The third-order valence-electron chi connectivity index (χ3n) is 5.66. The van der Waals surface area contributed by atoms with E-state index in [1.807, 2.05) is 12.1 Å². The molecule has 0 aliphatic heterocycles. The number of aryl methyl sites for hydroxylation is 1. The van der Waals surface area contributed by atoms with Crippen LogP contribution in [0.4, 0.5) is 5.69 Å². The Morgan fingerprint density at radius 2 is 1.92 bits per heavy atom. The van der Waals surface area contributed by atoms with Gasteiger partial charge in [-0.25, -0.2) is 0 Å². The standard InChI is InChI=1S/C21H25N3O/c1-25-20-12-17-19(11-14(20)13-22)24-18-10-6-5-9-16(18)21(17)23-15-7-3-2-4-8-15/h11-12,15H,2-10H2,1H3,(H,23,24). The van der Waals surface area contributed by atoms with Crippen LogP contribution in [0.15, 0.2) is 12.1 Å². The van der Waals surface area contributed by atoms with Crippen molar-refractivity contribution in [3.63, 3.8) is 0 Å². The predicted octanol–water partition coefficient (Wildman–Crippen LogP) is 4.74. The Balaban J connectivity index is 1.88. The lowest BCUT2D eigenvalue weighted by Crippen LogP contribution is -2.24. The predicted molar refractivity (Wildman–Crippen MR) is 100 cm³/mol. The fourth-order valence-electron chi connectivity index (χ4n) is 4.32. The van der Waals surface area contributed by atoms with Crippen molar-refractivity contribution in [3.8, 4) is 11.8 Å². The minimum absolute atomic E-state index is 0.548. The molecule has 1 aromatic heterocycles. The highest BCUT2D eigenvalue weighted by Crippen LogP contribution is 2.37. The summed E-state index contributed by atoms with van der Waals surface area (Å²) in [6.07, 6.45) is 11.0. The number of nitrogens with one attached hydrogen (secondary N) is 1. The fourth-order valence-corrected chi connectivity index (χ4v) is 4.32. The molecule has 0 amide bonds. The maximum atomic E-state index is 9.40. The van der Waals surface area contributed by atoms with Gasteiger partial charge in [0.1, 0.15) is 11.8 Å². The van der Waals surface area contributed by atoms with Crippen molar-refractivity contribution in [2.24, 2.45) is 0 Å². The monoisotopic (exact) mass is 335 g/mol. The van der Waals surface area contributed by atoms with Crippen molar-refractivity contribution < 1.29 is 4.74 Å². The van der Waals surface area contributed by atoms with Gasteiger partial charge in [-0.2, -0.15) is 5.26 Å². The molecular weight excluding hydrogens is 310 g/mol. The molecule has 0 bridgehead atoms. The molecule has 4 nitrogen and oxygen atoms in total. The molecule has 0 saturated heterocycles. The van der Waals surface area contributed by atoms with Crippen LogP contribution in [0.2, 0.25) is 0 Å². The van der Waals surface area contributed by atoms with Crippen LogP contribution in [0.1, 0.15) is 61.8 Å². The number of methoxy groups -OCH3 is 1. The SMILES string of the molecule is COc1cc2c(NC3CCCCC3)c3c(nc2cc1C#N)CCCC3. The molecule has 0 spiro atoms. The zero-order valence-electron chi connectivity index (χ0n) is 14.9. The molecule has 0 atom stereocenters. The summed E-state index contributed by atoms with van der Waals surface area (Å²) >= 11 is 0. The Labute approximate surface area is 149 Å². The number of fused-ring (bicyclic) bond motifs is 2. The van der Waals surface area contributed by atoms with Crippen LogP contribution < -0.4 is 10.1 Å². The Morgan fingerprint density at radius 3 is 2.68 bits per heavy atom. The summed E-state index contributed by atoms with van der Waals surface area (Å²) in [6, 6.07) is 6.67. The minimum Gasteiger partial charge on any atom is -0.495 e. The van der Waals surface area contributed by atoms with Crippen LogP contribution in [-0.4, -0.2) is 18.1 Å². The Morgan fingerprint density at radius 1 is 1.12 bits per heavy atom. The largest absolute Gasteiger partial charge is 0.495 e. The second-order valence-electron chi connectivity index (χ2n) is 7.28. The molecule has 0 radical (unpaired) electrons. The first-order valence-electron chi connectivity index (χ1n) is 9.50. The Kier molecular flexibility index (Phi) is 4.48. The van der Waals surface area contributed by atoms with E-state index in [1.165, 1.54) is 61.9 Å². The molecule has 130 valence electrons. The smallest absolute Gasteiger partial charge is 0.137 e. The van der Waals surface area contributed by atoms with Crippen molar-refractivity contribution in [2.75, 3.05) is 12.4 Å². The number of ether oxygens (including phenoxy) is 1. The first kappa shape index (κ1) is 16.2. The molecule has 2 aromatic rings. The molecule has 4 heteroatoms. The molecule has 4 rings (SSSR count). The van der Waals surface area contributed by atoms with Gasteiger partial charge in [-0.3, -0.25) is 4.98 Å². The lowest BCUT2D eigenvalue weighted by Gasteiger charge is -2.28. The number of nitrogens with zero attached hydrogens (tertiary/aromatic N) is 2. The number of nitriles is 1. The molecule has 1 heterocycles. The van der Waals surface area contributed by atoms with Gasteiger partial charge >= 0.3 is 0 Å². The van der Waals surface area contributed by atoms with Crippen molar-refractivity contribution >= 4 is 16.6 Å². The van der Waals surface area contributed by atoms with Gasteiger partial charge in [0.25, 0.3) is 0 Å². The third kappa shape index (κ3) is 3.04. The Bertz CT molecular complexity index is 831. The molecule has 1 fully saturated rings. The van der Waals surface area contributed by atoms with Crippen molar-refractivity contribution in [1.29, 1.82) is 5.26 Å². The van der Waals surface area contributed by atoms with E-state index in [0.29, 0.717) is 17.4 Å². The quantitative estimate of drug-likeness (QED) is 0.880. The minimum atomic E-state index is 0.548.